The zero-order valence-corrected chi connectivity index (χ0v) is 43.6. The summed E-state index contributed by atoms with van der Waals surface area (Å²) in [6.45, 7) is 9.64. The fourth-order valence-electron chi connectivity index (χ4n) is 5.89. The maximum absolute atomic E-state index is 11.4. The number of benzene rings is 4. The van der Waals surface area contributed by atoms with Gasteiger partial charge in [0.25, 0.3) is 0 Å². The zero-order chi connectivity index (χ0) is 45.6. The first-order chi connectivity index (χ1) is 30.4. The van der Waals surface area contributed by atoms with Crippen molar-refractivity contribution in [2.75, 3.05) is 7.05 Å². The summed E-state index contributed by atoms with van der Waals surface area (Å²) in [6.07, 6.45) is 31.6. The second-order valence-corrected chi connectivity index (χ2v) is 15.4. The second-order valence-electron chi connectivity index (χ2n) is 15.4. The fraction of sp³-hybridized carbons (Fsp3) is 0.302. The van der Waals surface area contributed by atoms with Gasteiger partial charge in [-0.15, -0.1) is 48.4 Å². The average molecular weight is 1220 g/mol. The van der Waals surface area contributed by atoms with Crippen LogP contribution in [0.4, 0.5) is 0 Å². The normalized spacial score (nSPS) is 12.2. The number of amides is 2. The molecule has 0 atom stereocenters. The summed E-state index contributed by atoms with van der Waals surface area (Å²) in [4.78, 5) is 32.9. The smallest absolute Gasteiger partial charge is 0.248 e. The van der Waals surface area contributed by atoms with Crippen molar-refractivity contribution in [3.05, 3.63) is 212 Å². The van der Waals surface area contributed by atoms with Crippen molar-refractivity contribution in [3.8, 4) is 12.1 Å². The van der Waals surface area contributed by atoms with Gasteiger partial charge in [-0.05, 0) is 129 Å². The second kappa shape index (κ2) is 41.9. The van der Waals surface area contributed by atoms with Crippen LogP contribution >= 0.6 is 0 Å². The summed E-state index contributed by atoms with van der Waals surface area (Å²) in [6, 6.07) is 29.0. The molecule has 72 heavy (non-hydrogen) atoms. The van der Waals surface area contributed by atoms with Gasteiger partial charge in [0.1, 0.15) is 6.29 Å². The van der Waals surface area contributed by atoms with Crippen molar-refractivity contribution in [1.29, 1.82) is 10.5 Å². The number of primary amides is 1. The molecule has 0 fully saturated rings. The van der Waals surface area contributed by atoms with Crippen LogP contribution in [0.1, 0.15) is 179 Å². The van der Waals surface area contributed by atoms with E-state index in [0.717, 1.165) is 52.5 Å². The van der Waals surface area contributed by atoms with Gasteiger partial charge in [0, 0.05) is 71.9 Å². The van der Waals surface area contributed by atoms with Gasteiger partial charge in [-0.3, -0.25) is 14.4 Å². The zero-order valence-electron chi connectivity index (χ0n) is 37.8. The summed E-state index contributed by atoms with van der Waals surface area (Å²) in [5, 5.41) is 19.9. The van der Waals surface area contributed by atoms with Crippen LogP contribution in [-0.2, 0) is 53.8 Å². The predicted molar refractivity (Wildman–Crippen MR) is 304 cm³/mol. The first-order valence-electron chi connectivity index (χ1n) is 21.2. The Kier molecular flexibility index (Phi) is 45.2. The van der Waals surface area contributed by atoms with Gasteiger partial charge >= 0.3 is 0 Å². The van der Waals surface area contributed by atoms with E-state index in [4.69, 9.17) is 16.3 Å². The maximum atomic E-state index is 11.4. The third-order valence-electron chi connectivity index (χ3n) is 10.7. The van der Waals surface area contributed by atoms with E-state index in [9.17, 15) is 14.4 Å². The Bertz CT molecular complexity index is 2600. The number of hydrogen-bond acceptors (Lipinski definition) is 5. The summed E-state index contributed by atoms with van der Waals surface area (Å²) >= 11 is 0. The van der Waals surface area contributed by atoms with Crippen LogP contribution in [0, 0.1) is 56.4 Å². The van der Waals surface area contributed by atoms with E-state index < -0.39 is 0 Å². The third-order valence-corrected chi connectivity index (χ3v) is 10.7. The largest absolute Gasteiger partial charge is 0.366 e. The minimum atomic E-state index is -0.377. The number of hydrogen-bond donors (Lipinski definition) is 2. The molecule has 0 saturated carbocycles. The van der Waals surface area contributed by atoms with Crippen molar-refractivity contribution in [2.24, 2.45) is 5.73 Å². The minimum Gasteiger partial charge on any atom is -0.366 e. The number of aldehydes is 1. The van der Waals surface area contributed by atoms with E-state index in [2.05, 4.69) is 79.9 Å². The number of nitrogens with one attached hydrogen (secondary N) is 1. The van der Waals surface area contributed by atoms with Crippen LogP contribution in [0.3, 0.4) is 0 Å². The Labute approximate surface area is 477 Å². The molecule has 4 aliphatic carbocycles. The van der Waals surface area contributed by atoms with Crippen LogP contribution in [0.5, 0.6) is 0 Å². The number of aryl methyl sites for hydroxylation is 3. The van der Waals surface area contributed by atoms with Crippen molar-refractivity contribution in [1.82, 2.24) is 5.32 Å². The molecule has 1 radical (unpaired) electrons. The molecule has 0 saturated heterocycles. The molecule has 4 aromatic carbocycles. The Balaban J connectivity index is -0.000000189. The Hall–Kier alpha value is -5.69. The summed E-state index contributed by atoms with van der Waals surface area (Å²) < 4.78 is 0. The minimum absolute atomic E-state index is 0. The first kappa shape index (κ1) is 77.8. The molecule has 7 nitrogen and oxygen atoms in total. The molecule has 4 aromatic rings. The number of carbonyl (C=O) groups is 3. The van der Waals surface area contributed by atoms with Gasteiger partial charge < -0.3 is 11.1 Å². The van der Waals surface area contributed by atoms with Crippen molar-refractivity contribution in [3.63, 3.8) is 0 Å². The molecule has 0 heterocycles. The predicted octanol–water partition coefficient (Wildman–Crippen LogP) is 16.7. The molecule has 0 unspecified atom stereocenters. The summed E-state index contributed by atoms with van der Waals surface area (Å²) in [7, 11) is 1.63. The first-order valence-corrected chi connectivity index (χ1v) is 21.2. The molecule has 9 heteroatoms. The number of carbonyl (C=O) groups excluding carboxylic acids is 3. The van der Waals surface area contributed by atoms with Gasteiger partial charge in [0.2, 0.25) is 11.8 Å². The van der Waals surface area contributed by atoms with Crippen LogP contribution in [0.15, 0.2) is 138 Å². The number of nitrogens with two attached hydrogens (primary N) is 1. The molecule has 0 bridgehead atoms. The molecular formula is C63H84N4O3WY-2. The van der Waals surface area contributed by atoms with Crippen LogP contribution in [-0.4, -0.2) is 25.1 Å². The topological polar surface area (TPSA) is 137 Å². The van der Waals surface area contributed by atoms with Crippen molar-refractivity contribution >= 4 is 36.3 Å². The number of rotatable bonds is 9. The molecular weight excluding hydrogens is 1130 g/mol. The van der Waals surface area contributed by atoms with Gasteiger partial charge in [0.15, 0.2) is 0 Å². The van der Waals surface area contributed by atoms with E-state index in [-0.39, 0.29) is 118 Å². The van der Waals surface area contributed by atoms with E-state index in [0.29, 0.717) is 22.3 Å². The van der Waals surface area contributed by atoms with Crippen LogP contribution in [0.2, 0.25) is 0 Å². The number of nitrogens with zero attached hydrogens (tertiary/aromatic N) is 2. The fourth-order valence-corrected chi connectivity index (χ4v) is 5.89. The summed E-state index contributed by atoms with van der Waals surface area (Å²) in [5.41, 5.74) is 20.2. The van der Waals surface area contributed by atoms with Gasteiger partial charge in [-0.2, -0.15) is 10.5 Å². The molecule has 0 aromatic heterocycles. The van der Waals surface area contributed by atoms with E-state index in [1.54, 1.807) is 43.4 Å². The van der Waals surface area contributed by atoms with Crippen LogP contribution in [0.25, 0.3) is 18.2 Å². The maximum Gasteiger partial charge on any atom is 0.248 e. The molecule has 385 valence electrons. The van der Waals surface area contributed by atoms with E-state index in [1.165, 1.54) is 66.4 Å². The Morgan fingerprint density at radius 2 is 0.986 bits per heavy atom. The quantitative estimate of drug-likeness (QED) is 0.127. The van der Waals surface area contributed by atoms with Crippen molar-refractivity contribution in [2.45, 2.75) is 124 Å². The van der Waals surface area contributed by atoms with Gasteiger partial charge in [0.05, 0.1) is 23.3 Å². The Morgan fingerprint density at radius 3 is 1.35 bits per heavy atom. The van der Waals surface area contributed by atoms with Gasteiger partial charge in [-0.1, -0.05) is 136 Å². The molecule has 0 spiro atoms. The van der Waals surface area contributed by atoms with E-state index in [1.807, 2.05) is 68.5 Å². The average Bonchev–Trinajstić information content (AvgIpc) is 3.23. The monoisotopic (exact) mass is 1220 g/mol. The van der Waals surface area contributed by atoms with Crippen LogP contribution < -0.4 is 11.1 Å². The summed E-state index contributed by atoms with van der Waals surface area (Å²) in [5.74, 6) is -0.441. The standard InChI is InChI=1S/C14H14NO.C14H15NO.C14H13N.C9H7NO.C5H7.7CH4.W.Y/c1-15-14(16)13-7-3-6-12(10-13)9-8-11-4-2-5-11;1-10-5-7-13(14(15)16)9-12(10)8-6-11-3-2-4-11;1-11-5-6-13(10-15)9-14(11)8-7-12-3-2-4-12;1-7-2-3-8(5-10)4-9(7)6-11;1-5-3-2-4-5;;;;;;;;;/h3-4,7-10H,2,5H2,1H3,(H,15,16);3,5-9H,2,4H2,1H3,(H2,15,16);3,5-9H,2,4H2,1H3;2-4,6H,1H3;3H,1-2,4H2;7*1H4;;/q-1;;;;-1;;;;;;;;;/b9-8+;8-6+;8-7+;;;;;;;;;;;. The molecule has 8 rings (SSSR count). The third kappa shape index (κ3) is 26.7. The number of allylic oxidation sites excluding steroid dienone is 11. The SMILES string of the molecule is C.C.C.C.C.C.C.CNC(=O)c1cc[c-]c(/C=C/C2=CCC2)c1.Cc1ccc(C#N)cc1/C=C/C1=CCC1.Cc1ccc(C#N)cc1C=O.Cc1ccc(C(N)=O)cc1/C=C/C1=CCC1.[CH2-]C1=CCC1.[W].[Y]. The van der Waals surface area contributed by atoms with E-state index >= 15 is 0 Å². The molecule has 2 amide bonds. The Morgan fingerprint density at radius 1 is 0.597 bits per heavy atom. The number of nitriles is 2. The van der Waals surface area contributed by atoms with Crippen molar-refractivity contribution < 1.29 is 68.2 Å². The van der Waals surface area contributed by atoms with Gasteiger partial charge in [-0.25, -0.2) is 18.6 Å². The molecule has 3 N–H and O–H groups in total. The molecule has 0 aliphatic heterocycles. The molecule has 4 aliphatic rings.